The number of hydrogen-bond acceptors (Lipinski definition) is 4. The van der Waals surface area contributed by atoms with Gasteiger partial charge in [-0.3, -0.25) is 9.59 Å². The first kappa shape index (κ1) is 25.7. The first-order chi connectivity index (χ1) is 17.0. The Hall–Kier alpha value is -3.34. The molecule has 1 heterocycles. The predicted molar refractivity (Wildman–Crippen MR) is 146 cm³/mol. The molecule has 0 bridgehead atoms. The van der Waals surface area contributed by atoms with Crippen LogP contribution in [0.2, 0.25) is 5.02 Å². The molecule has 0 radical (unpaired) electrons. The van der Waals surface area contributed by atoms with Crippen LogP contribution in [0.5, 0.6) is 0 Å². The van der Waals surface area contributed by atoms with Crippen LogP contribution in [0.3, 0.4) is 0 Å². The van der Waals surface area contributed by atoms with Crippen LogP contribution in [-0.2, 0) is 16.0 Å². The van der Waals surface area contributed by atoms with Gasteiger partial charge in [0.25, 0.3) is 0 Å². The third-order valence-electron chi connectivity index (χ3n) is 5.97. The summed E-state index contributed by atoms with van der Waals surface area (Å²) in [4.78, 5) is 30.6. The Morgan fingerprint density at radius 2 is 1.64 bits per heavy atom. The molecule has 1 aromatic heterocycles. The van der Waals surface area contributed by atoms with E-state index in [1.54, 1.807) is 13.0 Å². The summed E-state index contributed by atoms with van der Waals surface area (Å²) in [5.74, 6) is -0.124. The van der Waals surface area contributed by atoms with Crippen molar-refractivity contribution in [2.75, 3.05) is 0 Å². The van der Waals surface area contributed by atoms with E-state index in [9.17, 15) is 9.59 Å². The quantitative estimate of drug-likeness (QED) is 0.244. The zero-order chi connectivity index (χ0) is 26.0. The van der Waals surface area contributed by atoms with Gasteiger partial charge in [-0.2, -0.15) is 0 Å². The molecule has 5 heteroatoms. The van der Waals surface area contributed by atoms with E-state index in [1.807, 2.05) is 94.4 Å². The molecule has 0 fully saturated rings. The highest BCUT2D eigenvalue weighted by Crippen LogP contribution is 2.40. The molecular weight excluding hydrogens is 470 g/mol. The number of nitrogens with zero attached hydrogens (tertiary/aromatic N) is 1. The van der Waals surface area contributed by atoms with Gasteiger partial charge in [0.05, 0.1) is 11.1 Å². The smallest absolute Gasteiger partial charge is 0.185 e. The fourth-order valence-corrected chi connectivity index (χ4v) is 4.54. The van der Waals surface area contributed by atoms with Gasteiger partial charge in [0.15, 0.2) is 11.6 Å². The molecular formula is C31H30ClNO3. The van der Waals surface area contributed by atoms with E-state index in [2.05, 4.69) is 0 Å². The number of ether oxygens (including phenoxy) is 1. The summed E-state index contributed by atoms with van der Waals surface area (Å²) in [5, 5.41) is 1.47. The van der Waals surface area contributed by atoms with Crippen LogP contribution in [0.4, 0.5) is 0 Å². The minimum absolute atomic E-state index is 0.0458. The van der Waals surface area contributed by atoms with Gasteiger partial charge in [0.1, 0.15) is 11.8 Å². The van der Waals surface area contributed by atoms with E-state index in [0.29, 0.717) is 16.2 Å². The molecule has 0 amide bonds. The molecule has 4 rings (SSSR count). The molecule has 1 atom stereocenters. The molecule has 36 heavy (non-hydrogen) atoms. The Labute approximate surface area is 217 Å². The molecule has 184 valence electrons. The van der Waals surface area contributed by atoms with Crippen LogP contribution < -0.4 is 0 Å². The second-order valence-electron chi connectivity index (χ2n) is 10.1. The first-order valence-corrected chi connectivity index (χ1v) is 12.4. The number of carbonyl (C=O) groups excluding carboxylic acids is 2. The topological polar surface area (TPSA) is 56.3 Å². The maximum atomic E-state index is 13.0. The minimum atomic E-state index is -0.750. The molecule has 0 unspecified atom stereocenters. The maximum Gasteiger partial charge on any atom is 0.185 e. The number of hydrogen-bond donors (Lipinski definition) is 0. The van der Waals surface area contributed by atoms with Crippen molar-refractivity contribution in [2.24, 2.45) is 0 Å². The van der Waals surface area contributed by atoms with Crippen molar-refractivity contribution in [2.45, 2.75) is 52.7 Å². The Bertz CT molecular complexity index is 1420. The van der Waals surface area contributed by atoms with Gasteiger partial charge in [-0.05, 0) is 92.8 Å². The van der Waals surface area contributed by atoms with Crippen LogP contribution in [0.15, 0.2) is 72.8 Å². The molecule has 4 nitrogen and oxygen atoms in total. The number of rotatable bonds is 7. The summed E-state index contributed by atoms with van der Waals surface area (Å²) in [5.41, 5.74) is 4.96. The van der Waals surface area contributed by atoms with Crippen LogP contribution >= 0.6 is 11.6 Å². The second kappa shape index (κ2) is 10.3. The van der Waals surface area contributed by atoms with E-state index >= 15 is 0 Å². The fourth-order valence-electron chi connectivity index (χ4n) is 4.41. The summed E-state index contributed by atoms with van der Waals surface area (Å²) in [6.07, 6.45) is -0.466. The van der Waals surface area contributed by atoms with Crippen molar-refractivity contribution in [3.8, 4) is 11.1 Å². The highest BCUT2D eigenvalue weighted by Gasteiger charge is 2.29. The molecule has 0 spiro atoms. The van der Waals surface area contributed by atoms with Crippen molar-refractivity contribution < 1.29 is 14.3 Å². The molecule has 0 saturated heterocycles. The van der Waals surface area contributed by atoms with E-state index < -0.39 is 11.7 Å². The Morgan fingerprint density at radius 1 is 0.972 bits per heavy atom. The summed E-state index contributed by atoms with van der Waals surface area (Å²) in [6.45, 7) is 9.32. The van der Waals surface area contributed by atoms with Gasteiger partial charge in [-0.1, -0.05) is 54.1 Å². The van der Waals surface area contributed by atoms with Crippen molar-refractivity contribution in [3.63, 3.8) is 0 Å². The SMILES string of the molecule is CC(=O)[C@@H](OC(C)(C)C)c1c(C)cc2nc(C(=O)Cc3ccccc3)ccc2c1-c1ccc(Cl)cc1. The van der Waals surface area contributed by atoms with Crippen molar-refractivity contribution in [1.29, 1.82) is 0 Å². The van der Waals surface area contributed by atoms with Gasteiger partial charge in [-0.15, -0.1) is 0 Å². The lowest BCUT2D eigenvalue weighted by atomic mass is 9.87. The van der Waals surface area contributed by atoms with Gasteiger partial charge in [0.2, 0.25) is 0 Å². The predicted octanol–water partition coefficient (Wildman–Crippen LogP) is 7.73. The van der Waals surface area contributed by atoms with Gasteiger partial charge in [0, 0.05) is 16.8 Å². The van der Waals surface area contributed by atoms with E-state index in [1.165, 1.54) is 0 Å². The lowest BCUT2D eigenvalue weighted by Gasteiger charge is -2.29. The molecule has 4 aromatic rings. The van der Waals surface area contributed by atoms with Gasteiger partial charge in [-0.25, -0.2) is 4.98 Å². The van der Waals surface area contributed by atoms with Gasteiger partial charge >= 0.3 is 0 Å². The zero-order valence-corrected chi connectivity index (χ0v) is 22.0. The van der Waals surface area contributed by atoms with Gasteiger partial charge < -0.3 is 4.74 Å². The normalized spacial score (nSPS) is 12.5. The zero-order valence-electron chi connectivity index (χ0n) is 21.3. The second-order valence-corrected chi connectivity index (χ2v) is 10.5. The highest BCUT2D eigenvalue weighted by molar-refractivity contribution is 6.30. The Morgan fingerprint density at radius 3 is 2.25 bits per heavy atom. The maximum absolute atomic E-state index is 13.0. The third kappa shape index (κ3) is 5.72. The fraction of sp³-hybridized carbons (Fsp3) is 0.258. The highest BCUT2D eigenvalue weighted by atomic mass is 35.5. The molecule has 0 N–H and O–H groups in total. The average molecular weight is 500 g/mol. The minimum Gasteiger partial charge on any atom is -0.360 e. The number of ketones is 2. The molecule has 0 aliphatic carbocycles. The molecule has 3 aromatic carbocycles. The molecule has 0 aliphatic rings. The van der Waals surface area contributed by atoms with E-state index in [4.69, 9.17) is 21.3 Å². The van der Waals surface area contributed by atoms with Crippen molar-refractivity contribution >= 4 is 34.1 Å². The lowest BCUT2D eigenvalue weighted by molar-refractivity contribution is -0.138. The number of benzene rings is 3. The lowest BCUT2D eigenvalue weighted by Crippen LogP contribution is -2.27. The monoisotopic (exact) mass is 499 g/mol. The molecule has 0 aliphatic heterocycles. The van der Waals surface area contributed by atoms with E-state index in [0.717, 1.165) is 33.2 Å². The van der Waals surface area contributed by atoms with Crippen LogP contribution in [0.1, 0.15) is 61.0 Å². The average Bonchev–Trinajstić information content (AvgIpc) is 2.82. The molecule has 0 saturated carbocycles. The number of Topliss-reactive ketones (excluding diaryl/α,β-unsaturated/α-hetero) is 2. The summed E-state index contributed by atoms with van der Waals surface area (Å²) in [7, 11) is 0. The van der Waals surface area contributed by atoms with Crippen molar-refractivity contribution in [1.82, 2.24) is 4.98 Å². The standard InChI is InChI=1S/C31H30ClNO3/c1-19-17-26-24(15-16-25(33-26)27(35)18-21-9-7-6-8-10-21)29(22-11-13-23(32)14-12-22)28(19)30(20(2)34)36-31(3,4)5/h6-17,30H,18H2,1-5H3/t30-/m1/s1. The Balaban J connectivity index is 1.91. The van der Waals surface area contributed by atoms with Crippen LogP contribution in [0, 0.1) is 6.92 Å². The van der Waals surface area contributed by atoms with Crippen molar-refractivity contribution in [3.05, 3.63) is 100 Å². The number of fused-ring (bicyclic) bond motifs is 1. The largest absolute Gasteiger partial charge is 0.360 e. The first-order valence-electron chi connectivity index (χ1n) is 12.0. The van der Waals surface area contributed by atoms with Crippen LogP contribution in [-0.4, -0.2) is 22.2 Å². The number of aromatic nitrogens is 1. The summed E-state index contributed by atoms with van der Waals surface area (Å²) in [6, 6.07) is 22.8. The number of pyridine rings is 1. The van der Waals surface area contributed by atoms with Crippen LogP contribution in [0.25, 0.3) is 22.0 Å². The van der Waals surface area contributed by atoms with E-state index in [-0.39, 0.29) is 18.0 Å². The summed E-state index contributed by atoms with van der Waals surface area (Å²) >= 11 is 6.18. The number of aryl methyl sites for hydroxylation is 1. The summed E-state index contributed by atoms with van der Waals surface area (Å²) < 4.78 is 6.28. The third-order valence-corrected chi connectivity index (χ3v) is 6.22. The number of halogens is 1. The number of carbonyl (C=O) groups is 2. The Kier molecular flexibility index (Phi) is 7.39.